The van der Waals surface area contributed by atoms with Crippen LogP contribution in [0.3, 0.4) is 0 Å². The Balaban J connectivity index is 2.36. The predicted octanol–water partition coefficient (Wildman–Crippen LogP) is 2.42. The van der Waals surface area contributed by atoms with Crippen molar-refractivity contribution in [2.75, 3.05) is 26.8 Å². The average molecular weight is 290 g/mol. The Hall–Kier alpha value is 0.190. The summed E-state index contributed by atoms with van der Waals surface area (Å²) in [5.41, 5.74) is 0. The van der Waals surface area contributed by atoms with Crippen LogP contribution in [0.15, 0.2) is 0 Å². The van der Waals surface area contributed by atoms with E-state index < -0.39 is 11.0 Å². The minimum atomic E-state index is -4.17. The van der Waals surface area contributed by atoms with E-state index in [4.69, 9.17) is 4.74 Å². The van der Waals surface area contributed by atoms with E-state index in [1.54, 1.807) is 11.9 Å². The number of hydrogen-bond acceptors (Lipinski definition) is 2. The molecular formula is C9H15BrF3NO. The fourth-order valence-corrected chi connectivity index (χ4v) is 2.09. The highest BCUT2D eigenvalue weighted by Crippen LogP contribution is 2.27. The maximum absolute atomic E-state index is 12.3. The van der Waals surface area contributed by atoms with Gasteiger partial charge in [0, 0.05) is 25.8 Å². The third-order valence-electron chi connectivity index (χ3n) is 2.62. The molecule has 0 amide bonds. The van der Waals surface area contributed by atoms with Gasteiger partial charge in [0.1, 0.15) is 4.83 Å². The van der Waals surface area contributed by atoms with Gasteiger partial charge in [-0.05, 0) is 19.9 Å². The van der Waals surface area contributed by atoms with Crippen molar-refractivity contribution in [3.63, 3.8) is 0 Å². The molecule has 0 aromatic rings. The van der Waals surface area contributed by atoms with Gasteiger partial charge in [-0.15, -0.1) is 0 Å². The number of alkyl halides is 4. The Bertz CT molecular complexity index is 194. The Morgan fingerprint density at radius 1 is 1.40 bits per heavy atom. The zero-order valence-electron chi connectivity index (χ0n) is 8.56. The second kappa shape index (κ2) is 5.50. The molecule has 1 atom stereocenters. The van der Waals surface area contributed by atoms with Gasteiger partial charge in [-0.25, -0.2) is 0 Å². The van der Waals surface area contributed by atoms with Crippen molar-refractivity contribution >= 4 is 15.9 Å². The third kappa shape index (κ3) is 4.28. The molecule has 0 aliphatic carbocycles. The largest absolute Gasteiger partial charge is 0.402 e. The van der Waals surface area contributed by atoms with Gasteiger partial charge in [0.05, 0.1) is 0 Å². The van der Waals surface area contributed by atoms with Crippen molar-refractivity contribution in [3.05, 3.63) is 0 Å². The topological polar surface area (TPSA) is 12.5 Å². The summed E-state index contributed by atoms with van der Waals surface area (Å²) in [5, 5.41) is 0. The average Bonchev–Trinajstić information content (AvgIpc) is 2.17. The summed E-state index contributed by atoms with van der Waals surface area (Å²) < 4.78 is 42.0. The molecule has 15 heavy (non-hydrogen) atoms. The second-order valence-electron chi connectivity index (χ2n) is 3.79. The first-order chi connectivity index (χ1) is 6.91. The third-order valence-corrected chi connectivity index (χ3v) is 3.43. The lowest BCUT2D eigenvalue weighted by atomic mass is 10.1. The number of ether oxygens (including phenoxy) is 1. The van der Waals surface area contributed by atoms with Crippen molar-refractivity contribution < 1.29 is 17.9 Å². The zero-order valence-corrected chi connectivity index (χ0v) is 10.1. The Kier molecular flexibility index (Phi) is 4.86. The number of rotatable bonds is 3. The fraction of sp³-hybridized carbons (Fsp3) is 1.00. The quantitative estimate of drug-likeness (QED) is 0.740. The van der Waals surface area contributed by atoms with Gasteiger partial charge in [0.25, 0.3) is 0 Å². The summed E-state index contributed by atoms with van der Waals surface area (Å²) in [5.74, 6) is 0. The SMILES string of the molecule is CN(CC(Br)C(F)(F)F)C1CCOCC1. The molecule has 0 saturated carbocycles. The van der Waals surface area contributed by atoms with Crippen molar-refractivity contribution in [2.24, 2.45) is 0 Å². The fourth-order valence-electron chi connectivity index (χ4n) is 1.63. The van der Waals surface area contributed by atoms with Gasteiger partial charge in [-0.1, -0.05) is 15.9 Å². The summed E-state index contributed by atoms with van der Waals surface area (Å²) in [6, 6.07) is 0.209. The summed E-state index contributed by atoms with van der Waals surface area (Å²) in [4.78, 5) is 0.313. The molecule has 0 spiro atoms. The van der Waals surface area contributed by atoms with Crippen LogP contribution in [0.25, 0.3) is 0 Å². The van der Waals surface area contributed by atoms with Crippen LogP contribution in [0.2, 0.25) is 0 Å². The van der Waals surface area contributed by atoms with E-state index in [9.17, 15) is 13.2 Å². The first kappa shape index (κ1) is 13.3. The van der Waals surface area contributed by atoms with Gasteiger partial charge in [-0.3, -0.25) is 0 Å². The van der Waals surface area contributed by atoms with E-state index in [-0.39, 0.29) is 12.6 Å². The molecule has 1 aliphatic rings. The second-order valence-corrected chi connectivity index (χ2v) is 4.90. The molecule has 1 rings (SSSR count). The number of nitrogens with zero attached hydrogens (tertiary/aromatic N) is 1. The van der Waals surface area contributed by atoms with Crippen LogP contribution in [0, 0.1) is 0 Å². The van der Waals surface area contributed by atoms with Gasteiger partial charge < -0.3 is 9.64 Å². The minimum Gasteiger partial charge on any atom is -0.381 e. The molecule has 6 heteroatoms. The van der Waals surface area contributed by atoms with Crippen LogP contribution in [0.5, 0.6) is 0 Å². The first-order valence-electron chi connectivity index (χ1n) is 4.90. The van der Waals surface area contributed by atoms with Crippen LogP contribution < -0.4 is 0 Å². The van der Waals surface area contributed by atoms with Crippen molar-refractivity contribution in [1.29, 1.82) is 0 Å². The Labute approximate surface area is 95.9 Å². The molecular weight excluding hydrogens is 275 g/mol. The van der Waals surface area contributed by atoms with E-state index in [0.29, 0.717) is 13.2 Å². The standard InChI is InChI=1S/C9H15BrF3NO/c1-14(6-8(10)9(11,12)13)7-2-4-15-5-3-7/h7-8H,2-6H2,1H3. The summed E-state index contributed by atoms with van der Waals surface area (Å²) >= 11 is 2.67. The summed E-state index contributed by atoms with van der Waals surface area (Å²) in [6.07, 6.45) is -2.54. The van der Waals surface area contributed by atoms with Gasteiger partial charge in [0.2, 0.25) is 0 Å². The van der Waals surface area contributed by atoms with Gasteiger partial charge >= 0.3 is 6.18 Å². The number of halogens is 4. The molecule has 1 fully saturated rings. The molecule has 1 saturated heterocycles. The van der Waals surface area contributed by atoms with E-state index >= 15 is 0 Å². The van der Waals surface area contributed by atoms with Crippen LogP contribution in [0.4, 0.5) is 13.2 Å². The molecule has 1 aliphatic heterocycles. The Morgan fingerprint density at radius 3 is 2.40 bits per heavy atom. The molecule has 1 heterocycles. The summed E-state index contributed by atoms with van der Waals surface area (Å²) in [6.45, 7) is 1.29. The maximum Gasteiger partial charge on any atom is 0.402 e. The van der Waals surface area contributed by atoms with E-state index in [1.807, 2.05) is 0 Å². The molecule has 0 aromatic heterocycles. The molecule has 0 radical (unpaired) electrons. The van der Waals surface area contributed by atoms with Crippen LogP contribution in [-0.2, 0) is 4.74 Å². The Morgan fingerprint density at radius 2 is 1.93 bits per heavy atom. The lowest BCUT2D eigenvalue weighted by molar-refractivity contribution is -0.131. The predicted molar refractivity (Wildman–Crippen MR) is 55.2 cm³/mol. The highest BCUT2D eigenvalue weighted by molar-refractivity contribution is 9.09. The first-order valence-corrected chi connectivity index (χ1v) is 5.81. The zero-order chi connectivity index (χ0) is 11.5. The lowest BCUT2D eigenvalue weighted by Crippen LogP contribution is -2.43. The van der Waals surface area contributed by atoms with E-state index in [2.05, 4.69) is 15.9 Å². The molecule has 90 valence electrons. The maximum atomic E-state index is 12.3. The number of hydrogen-bond donors (Lipinski definition) is 0. The molecule has 2 nitrogen and oxygen atoms in total. The molecule has 0 aromatic carbocycles. The van der Waals surface area contributed by atoms with Crippen LogP contribution >= 0.6 is 15.9 Å². The minimum absolute atomic E-state index is 0.00579. The molecule has 0 bridgehead atoms. The molecule has 1 unspecified atom stereocenters. The van der Waals surface area contributed by atoms with Gasteiger partial charge in [-0.2, -0.15) is 13.2 Å². The lowest BCUT2D eigenvalue weighted by Gasteiger charge is -2.32. The summed E-state index contributed by atoms with van der Waals surface area (Å²) in [7, 11) is 1.73. The van der Waals surface area contributed by atoms with Crippen LogP contribution in [0.1, 0.15) is 12.8 Å². The highest BCUT2D eigenvalue weighted by Gasteiger charge is 2.39. The van der Waals surface area contributed by atoms with Crippen molar-refractivity contribution in [3.8, 4) is 0 Å². The molecule has 0 N–H and O–H groups in total. The smallest absolute Gasteiger partial charge is 0.381 e. The van der Waals surface area contributed by atoms with E-state index in [0.717, 1.165) is 12.8 Å². The monoisotopic (exact) mass is 289 g/mol. The van der Waals surface area contributed by atoms with Crippen molar-refractivity contribution in [1.82, 2.24) is 4.90 Å². The normalized spacial score (nSPS) is 22.0. The highest BCUT2D eigenvalue weighted by atomic mass is 79.9. The van der Waals surface area contributed by atoms with Crippen LogP contribution in [-0.4, -0.2) is 48.8 Å². The van der Waals surface area contributed by atoms with Crippen molar-refractivity contribution in [2.45, 2.75) is 29.9 Å². The van der Waals surface area contributed by atoms with Gasteiger partial charge in [0.15, 0.2) is 0 Å². The van der Waals surface area contributed by atoms with E-state index in [1.165, 1.54) is 0 Å².